The molecule has 1 amide bonds. The monoisotopic (exact) mass is 264 g/mol. The van der Waals surface area contributed by atoms with Gasteiger partial charge >= 0.3 is 0 Å². The number of nitrogens with two attached hydrogens (primary N) is 1. The van der Waals surface area contributed by atoms with Gasteiger partial charge in [0, 0.05) is 5.75 Å². The predicted molar refractivity (Wildman–Crippen MR) is 69.4 cm³/mol. The predicted octanol–water partition coefficient (Wildman–Crippen LogP) is 0.301. The molecule has 0 aliphatic heterocycles. The summed E-state index contributed by atoms with van der Waals surface area (Å²) in [6, 6.07) is 0. The van der Waals surface area contributed by atoms with Gasteiger partial charge in [-0.3, -0.25) is 4.79 Å². The lowest BCUT2D eigenvalue weighted by Gasteiger charge is -2.31. The van der Waals surface area contributed by atoms with Crippen molar-refractivity contribution in [1.82, 2.24) is 5.32 Å². The van der Waals surface area contributed by atoms with Gasteiger partial charge in [0.25, 0.3) is 0 Å². The minimum atomic E-state index is -2.93. The quantitative estimate of drug-likeness (QED) is 0.617. The molecule has 17 heavy (non-hydrogen) atoms. The Kier molecular flexibility index (Phi) is 6.12. The summed E-state index contributed by atoms with van der Waals surface area (Å²) >= 11 is 0. The van der Waals surface area contributed by atoms with Crippen LogP contribution in [0.25, 0.3) is 0 Å². The Morgan fingerprint density at radius 2 is 1.94 bits per heavy atom. The van der Waals surface area contributed by atoms with Gasteiger partial charge in [0.05, 0.1) is 11.3 Å². The van der Waals surface area contributed by atoms with Crippen LogP contribution in [0.2, 0.25) is 0 Å². The smallest absolute Gasteiger partial charge is 0.237 e. The van der Waals surface area contributed by atoms with Crippen LogP contribution in [0.5, 0.6) is 0 Å². The highest BCUT2D eigenvalue weighted by Gasteiger charge is 2.33. The van der Waals surface area contributed by atoms with Gasteiger partial charge in [0.1, 0.15) is 9.84 Å². The number of nitrogens with one attached hydrogen (secondary N) is 1. The molecule has 1 atom stereocenters. The minimum absolute atomic E-state index is 0.0581. The SMILES string of the molecule is CCS(=O)(=O)CCCNC(C)(C(N)=O)C(C)C. The zero-order chi connectivity index (χ0) is 13.7. The second-order valence-corrected chi connectivity index (χ2v) is 7.21. The van der Waals surface area contributed by atoms with Crippen LogP contribution in [-0.2, 0) is 14.6 Å². The van der Waals surface area contributed by atoms with E-state index in [-0.39, 0.29) is 17.4 Å². The maximum atomic E-state index is 11.4. The van der Waals surface area contributed by atoms with Gasteiger partial charge < -0.3 is 11.1 Å². The zero-order valence-corrected chi connectivity index (χ0v) is 11.9. The highest BCUT2D eigenvalue weighted by Crippen LogP contribution is 2.15. The second-order valence-electron chi connectivity index (χ2n) is 4.74. The molecule has 0 bridgehead atoms. The molecule has 0 fully saturated rings. The highest BCUT2D eigenvalue weighted by molar-refractivity contribution is 7.91. The Labute approximate surface area is 104 Å². The van der Waals surface area contributed by atoms with Crippen molar-refractivity contribution < 1.29 is 13.2 Å². The molecule has 0 spiro atoms. The molecule has 0 aromatic rings. The number of amides is 1. The molecule has 0 aromatic heterocycles. The molecule has 0 heterocycles. The topological polar surface area (TPSA) is 89.3 Å². The van der Waals surface area contributed by atoms with E-state index >= 15 is 0 Å². The molecule has 6 heteroatoms. The summed E-state index contributed by atoms with van der Waals surface area (Å²) in [4.78, 5) is 11.4. The Hall–Kier alpha value is -0.620. The van der Waals surface area contributed by atoms with E-state index in [9.17, 15) is 13.2 Å². The van der Waals surface area contributed by atoms with Crippen LogP contribution in [0.15, 0.2) is 0 Å². The number of primary amides is 1. The maximum absolute atomic E-state index is 11.4. The number of carbonyl (C=O) groups excluding carboxylic acids is 1. The van der Waals surface area contributed by atoms with Crippen LogP contribution >= 0.6 is 0 Å². The van der Waals surface area contributed by atoms with Crippen molar-refractivity contribution in [3.05, 3.63) is 0 Å². The van der Waals surface area contributed by atoms with Crippen LogP contribution < -0.4 is 11.1 Å². The molecule has 0 radical (unpaired) electrons. The molecule has 0 saturated carbocycles. The molecule has 1 unspecified atom stereocenters. The van der Waals surface area contributed by atoms with Gasteiger partial charge in [0.2, 0.25) is 5.91 Å². The van der Waals surface area contributed by atoms with Crippen molar-refractivity contribution >= 4 is 15.7 Å². The van der Waals surface area contributed by atoms with Gasteiger partial charge in [-0.1, -0.05) is 20.8 Å². The molecule has 0 aliphatic rings. The third-order valence-corrected chi connectivity index (χ3v) is 5.02. The van der Waals surface area contributed by atoms with E-state index < -0.39 is 21.3 Å². The Balaban J connectivity index is 4.23. The fourth-order valence-electron chi connectivity index (χ4n) is 1.36. The van der Waals surface area contributed by atoms with Crippen molar-refractivity contribution in [3.63, 3.8) is 0 Å². The number of carbonyl (C=O) groups is 1. The Morgan fingerprint density at radius 3 is 2.29 bits per heavy atom. The minimum Gasteiger partial charge on any atom is -0.368 e. The van der Waals surface area contributed by atoms with E-state index in [1.807, 2.05) is 13.8 Å². The van der Waals surface area contributed by atoms with Crippen LogP contribution in [0.1, 0.15) is 34.1 Å². The van der Waals surface area contributed by atoms with Crippen molar-refractivity contribution in [2.45, 2.75) is 39.7 Å². The van der Waals surface area contributed by atoms with Crippen LogP contribution in [0.4, 0.5) is 0 Å². The fraction of sp³-hybridized carbons (Fsp3) is 0.909. The average molecular weight is 264 g/mol. The van der Waals surface area contributed by atoms with Crippen LogP contribution in [0.3, 0.4) is 0 Å². The lowest BCUT2D eigenvalue weighted by Crippen LogP contribution is -2.57. The van der Waals surface area contributed by atoms with Gasteiger partial charge in [-0.05, 0) is 25.8 Å². The summed E-state index contributed by atoms with van der Waals surface area (Å²) < 4.78 is 22.5. The molecule has 102 valence electrons. The third kappa shape index (κ3) is 5.04. The summed E-state index contributed by atoms with van der Waals surface area (Å²) in [6.45, 7) is 7.65. The summed E-state index contributed by atoms with van der Waals surface area (Å²) in [6.07, 6.45) is 0.492. The molecule has 0 aromatic carbocycles. The fourth-order valence-corrected chi connectivity index (χ4v) is 2.23. The summed E-state index contributed by atoms with van der Waals surface area (Å²) in [5.41, 5.74) is 4.56. The van der Waals surface area contributed by atoms with E-state index in [2.05, 4.69) is 5.32 Å². The van der Waals surface area contributed by atoms with E-state index in [4.69, 9.17) is 5.73 Å². The Bertz CT molecular complexity index is 352. The molecule has 0 rings (SSSR count). The van der Waals surface area contributed by atoms with Crippen LogP contribution in [0, 0.1) is 5.92 Å². The van der Waals surface area contributed by atoms with E-state index in [0.717, 1.165) is 0 Å². The molecular weight excluding hydrogens is 240 g/mol. The third-order valence-electron chi connectivity index (χ3n) is 3.23. The van der Waals surface area contributed by atoms with Gasteiger partial charge in [0.15, 0.2) is 0 Å². The van der Waals surface area contributed by atoms with Gasteiger partial charge in [-0.15, -0.1) is 0 Å². The van der Waals surface area contributed by atoms with E-state index in [1.165, 1.54) is 0 Å². The molecule has 3 N–H and O–H groups in total. The standard InChI is InChI=1S/C11H24N2O3S/c1-5-17(15,16)8-6-7-13-11(4,9(2)3)10(12)14/h9,13H,5-8H2,1-4H3,(H2,12,14). The number of hydrogen-bond donors (Lipinski definition) is 2. The maximum Gasteiger partial charge on any atom is 0.237 e. The number of rotatable bonds is 8. The first kappa shape index (κ1) is 16.4. The summed E-state index contributed by atoms with van der Waals surface area (Å²) in [7, 11) is -2.93. The van der Waals surface area contributed by atoms with Crippen molar-refractivity contribution in [2.75, 3.05) is 18.1 Å². The van der Waals surface area contributed by atoms with Gasteiger partial charge in [-0.25, -0.2) is 8.42 Å². The molecule has 0 saturated heterocycles. The molecule has 5 nitrogen and oxygen atoms in total. The molecule has 0 aliphatic carbocycles. The normalized spacial score (nSPS) is 15.8. The lowest BCUT2D eigenvalue weighted by atomic mass is 9.87. The first-order valence-electron chi connectivity index (χ1n) is 5.91. The number of sulfone groups is 1. The molecular formula is C11H24N2O3S. The second kappa shape index (κ2) is 6.35. The van der Waals surface area contributed by atoms with E-state index in [1.54, 1.807) is 13.8 Å². The van der Waals surface area contributed by atoms with Crippen molar-refractivity contribution in [1.29, 1.82) is 0 Å². The van der Waals surface area contributed by atoms with Crippen LogP contribution in [-0.4, -0.2) is 37.9 Å². The van der Waals surface area contributed by atoms with Crippen molar-refractivity contribution in [2.24, 2.45) is 11.7 Å². The zero-order valence-electron chi connectivity index (χ0n) is 11.1. The average Bonchev–Trinajstić information content (AvgIpc) is 2.23. The first-order chi connectivity index (χ1) is 7.65. The summed E-state index contributed by atoms with van der Waals surface area (Å²) in [5.74, 6) is -0.0538. The summed E-state index contributed by atoms with van der Waals surface area (Å²) in [5, 5.41) is 3.05. The Morgan fingerprint density at radius 1 is 1.41 bits per heavy atom. The highest BCUT2D eigenvalue weighted by atomic mass is 32.2. The lowest BCUT2D eigenvalue weighted by molar-refractivity contribution is -0.125. The van der Waals surface area contributed by atoms with Crippen molar-refractivity contribution in [3.8, 4) is 0 Å². The van der Waals surface area contributed by atoms with Gasteiger partial charge in [-0.2, -0.15) is 0 Å². The van der Waals surface area contributed by atoms with E-state index in [0.29, 0.717) is 13.0 Å². The number of hydrogen-bond acceptors (Lipinski definition) is 4. The first-order valence-corrected chi connectivity index (χ1v) is 7.73. The largest absolute Gasteiger partial charge is 0.368 e.